The number of fused-ring (bicyclic) bond motifs is 1. The summed E-state index contributed by atoms with van der Waals surface area (Å²) in [7, 11) is 1.30. The zero-order chi connectivity index (χ0) is 20.6. The van der Waals surface area contributed by atoms with Crippen LogP contribution >= 0.6 is 11.3 Å². The first-order chi connectivity index (χ1) is 13.9. The third-order valence-electron chi connectivity index (χ3n) is 4.70. The van der Waals surface area contributed by atoms with Crippen molar-refractivity contribution < 1.29 is 33.3 Å². The van der Waals surface area contributed by atoms with Crippen LogP contribution in [0.3, 0.4) is 0 Å². The molecule has 0 amide bonds. The van der Waals surface area contributed by atoms with E-state index >= 15 is 0 Å². The van der Waals surface area contributed by atoms with E-state index in [0.29, 0.717) is 10.6 Å². The highest BCUT2D eigenvalue weighted by molar-refractivity contribution is 7.09. The molecule has 1 aromatic carbocycles. The Kier molecular flexibility index (Phi) is 5.39. The summed E-state index contributed by atoms with van der Waals surface area (Å²) < 4.78 is 28.3. The molecule has 2 aromatic rings. The molecule has 29 heavy (non-hydrogen) atoms. The Labute approximate surface area is 171 Å². The second-order valence-corrected chi connectivity index (χ2v) is 8.08. The standard InChI is InChI=1S/C20H21NO7S/c1-20(2)27-14-13(9-25-18(22)11-7-5-4-6-8-11)26-16(15(14)28-20)17-21-12(10-29-17)19(23)24-3/h4-8,10,13-16H,9H2,1-3H3/t13-,14-,15-,16-/m1/s1. The predicted octanol–water partition coefficient (Wildman–Crippen LogP) is 2.75. The van der Waals surface area contributed by atoms with Gasteiger partial charge >= 0.3 is 11.9 Å². The number of ether oxygens (including phenoxy) is 5. The molecule has 4 atom stereocenters. The van der Waals surface area contributed by atoms with Crippen molar-refractivity contribution in [2.45, 2.75) is 44.1 Å². The minimum absolute atomic E-state index is 0.0140. The van der Waals surface area contributed by atoms with Gasteiger partial charge in [0, 0.05) is 5.38 Å². The number of hydrogen-bond donors (Lipinski definition) is 0. The maximum atomic E-state index is 12.3. The molecule has 1 aromatic heterocycles. The molecule has 0 saturated carbocycles. The Balaban J connectivity index is 1.49. The lowest BCUT2D eigenvalue weighted by atomic mass is 10.1. The molecule has 2 fully saturated rings. The van der Waals surface area contributed by atoms with Gasteiger partial charge in [-0.25, -0.2) is 14.6 Å². The Morgan fingerprint density at radius 2 is 1.86 bits per heavy atom. The first-order valence-corrected chi connectivity index (χ1v) is 10.0. The molecule has 4 rings (SSSR count). The second kappa shape index (κ2) is 7.83. The summed E-state index contributed by atoms with van der Waals surface area (Å²) in [5, 5.41) is 2.20. The van der Waals surface area contributed by atoms with Crippen molar-refractivity contribution in [3.63, 3.8) is 0 Å². The molecule has 2 aliphatic rings. The number of aromatic nitrogens is 1. The van der Waals surface area contributed by atoms with Crippen molar-refractivity contribution in [2.24, 2.45) is 0 Å². The van der Waals surface area contributed by atoms with E-state index in [9.17, 15) is 9.59 Å². The SMILES string of the molecule is COC(=O)c1csc([C@@H]2O[C@H](COC(=O)c3ccccc3)[C@H]3OC(C)(C)O[C@H]32)n1. The number of rotatable bonds is 5. The molecule has 0 bridgehead atoms. The van der Waals surface area contributed by atoms with Crippen LogP contribution in [0.25, 0.3) is 0 Å². The lowest BCUT2D eigenvalue weighted by Crippen LogP contribution is -2.33. The molecule has 0 radical (unpaired) electrons. The van der Waals surface area contributed by atoms with E-state index in [-0.39, 0.29) is 12.3 Å². The van der Waals surface area contributed by atoms with Gasteiger partial charge in [-0.3, -0.25) is 0 Å². The number of carbonyl (C=O) groups excluding carboxylic acids is 2. The number of methoxy groups -OCH3 is 1. The summed E-state index contributed by atoms with van der Waals surface area (Å²) in [6, 6.07) is 8.74. The molecule has 0 N–H and O–H groups in total. The minimum atomic E-state index is -0.804. The topological polar surface area (TPSA) is 93.2 Å². The molecule has 154 valence electrons. The summed E-state index contributed by atoms with van der Waals surface area (Å²) in [6.45, 7) is 3.65. The van der Waals surface area contributed by atoms with E-state index in [2.05, 4.69) is 4.98 Å². The monoisotopic (exact) mass is 419 g/mol. The average molecular weight is 419 g/mol. The van der Waals surface area contributed by atoms with E-state index in [4.69, 9.17) is 23.7 Å². The van der Waals surface area contributed by atoms with Gasteiger partial charge in [-0.15, -0.1) is 11.3 Å². The van der Waals surface area contributed by atoms with Crippen LogP contribution < -0.4 is 0 Å². The number of benzene rings is 1. The van der Waals surface area contributed by atoms with Crippen LogP contribution in [0, 0.1) is 0 Å². The fourth-order valence-electron chi connectivity index (χ4n) is 3.45. The molecule has 3 heterocycles. The maximum absolute atomic E-state index is 12.3. The van der Waals surface area contributed by atoms with Crippen molar-refractivity contribution in [2.75, 3.05) is 13.7 Å². The summed E-state index contributed by atoms with van der Waals surface area (Å²) in [6.07, 6.45) is -1.92. The van der Waals surface area contributed by atoms with Gasteiger partial charge < -0.3 is 23.7 Å². The van der Waals surface area contributed by atoms with Gasteiger partial charge in [-0.2, -0.15) is 0 Å². The zero-order valence-corrected chi connectivity index (χ0v) is 17.0. The van der Waals surface area contributed by atoms with E-state index < -0.39 is 42.1 Å². The van der Waals surface area contributed by atoms with Gasteiger partial charge in [0.05, 0.1) is 12.7 Å². The Morgan fingerprint density at radius 3 is 2.59 bits per heavy atom. The highest BCUT2D eigenvalue weighted by atomic mass is 32.1. The van der Waals surface area contributed by atoms with Crippen LogP contribution in [0.4, 0.5) is 0 Å². The van der Waals surface area contributed by atoms with Gasteiger partial charge in [0.1, 0.15) is 36.0 Å². The van der Waals surface area contributed by atoms with Crippen LogP contribution in [-0.2, 0) is 23.7 Å². The molecule has 2 aliphatic heterocycles. The number of carbonyl (C=O) groups is 2. The normalized spacial score (nSPS) is 27.4. The zero-order valence-electron chi connectivity index (χ0n) is 16.2. The number of esters is 2. The predicted molar refractivity (Wildman–Crippen MR) is 102 cm³/mol. The molecule has 0 aliphatic carbocycles. The lowest BCUT2D eigenvalue weighted by Gasteiger charge is -2.23. The summed E-state index contributed by atoms with van der Waals surface area (Å²) in [5.41, 5.74) is 0.676. The van der Waals surface area contributed by atoms with Crippen molar-refractivity contribution in [1.29, 1.82) is 0 Å². The second-order valence-electron chi connectivity index (χ2n) is 7.19. The molecule has 8 nitrogen and oxygen atoms in total. The van der Waals surface area contributed by atoms with Gasteiger partial charge in [-0.1, -0.05) is 18.2 Å². The summed E-state index contributed by atoms with van der Waals surface area (Å²) >= 11 is 1.28. The molecule has 0 spiro atoms. The van der Waals surface area contributed by atoms with E-state index in [1.807, 2.05) is 19.9 Å². The van der Waals surface area contributed by atoms with Gasteiger partial charge in [0.25, 0.3) is 0 Å². The maximum Gasteiger partial charge on any atom is 0.357 e. The van der Waals surface area contributed by atoms with Gasteiger partial charge in [-0.05, 0) is 26.0 Å². The van der Waals surface area contributed by atoms with Gasteiger partial charge in [0.15, 0.2) is 11.5 Å². The molecule has 9 heteroatoms. The summed E-state index contributed by atoms with van der Waals surface area (Å²) in [5.74, 6) is -1.75. The van der Waals surface area contributed by atoms with Gasteiger partial charge in [0.2, 0.25) is 0 Å². The third-order valence-corrected chi connectivity index (χ3v) is 5.60. The fraction of sp³-hybridized carbons (Fsp3) is 0.450. The molecule has 0 unspecified atom stereocenters. The summed E-state index contributed by atoms with van der Waals surface area (Å²) in [4.78, 5) is 28.3. The van der Waals surface area contributed by atoms with Crippen LogP contribution in [0.5, 0.6) is 0 Å². The van der Waals surface area contributed by atoms with E-state index in [0.717, 1.165) is 0 Å². The quantitative estimate of drug-likeness (QED) is 0.683. The minimum Gasteiger partial charge on any atom is -0.464 e. The van der Waals surface area contributed by atoms with Crippen molar-refractivity contribution >= 4 is 23.3 Å². The first kappa shape index (κ1) is 20.0. The van der Waals surface area contributed by atoms with Crippen molar-refractivity contribution in [3.8, 4) is 0 Å². The van der Waals surface area contributed by atoms with Crippen LogP contribution in [-0.4, -0.2) is 54.7 Å². The Bertz CT molecular complexity index is 897. The van der Waals surface area contributed by atoms with Crippen LogP contribution in [0.2, 0.25) is 0 Å². The average Bonchev–Trinajstić information content (AvgIpc) is 3.39. The van der Waals surface area contributed by atoms with E-state index in [1.54, 1.807) is 29.6 Å². The van der Waals surface area contributed by atoms with Crippen LogP contribution in [0.1, 0.15) is 45.8 Å². The molecular weight excluding hydrogens is 398 g/mol. The lowest BCUT2D eigenvalue weighted by molar-refractivity contribution is -0.191. The highest BCUT2D eigenvalue weighted by Gasteiger charge is 2.56. The number of hydrogen-bond acceptors (Lipinski definition) is 9. The Hall–Kier alpha value is -2.33. The third kappa shape index (κ3) is 4.04. The molecular formula is C20H21NO7S. The smallest absolute Gasteiger partial charge is 0.357 e. The highest BCUT2D eigenvalue weighted by Crippen LogP contribution is 2.45. The number of thiazole rings is 1. The largest absolute Gasteiger partial charge is 0.464 e. The van der Waals surface area contributed by atoms with Crippen LogP contribution in [0.15, 0.2) is 35.7 Å². The Morgan fingerprint density at radius 1 is 1.14 bits per heavy atom. The first-order valence-electron chi connectivity index (χ1n) is 9.15. The molecule has 2 saturated heterocycles. The van der Waals surface area contributed by atoms with Crippen molar-refractivity contribution in [1.82, 2.24) is 4.98 Å². The number of nitrogens with zero attached hydrogens (tertiary/aromatic N) is 1. The van der Waals surface area contributed by atoms with E-state index in [1.165, 1.54) is 18.4 Å². The van der Waals surface area contributed by atoms with Crippen molar-refractivity contribution in [3.05, 3.63) is 52.0 Å². The fourth-order valence-corrected chi connectivity index (χ4v) is 4.30.